The van der Waals surface area contributed by atoms with Crippen LogP contribution in [0.1, 0.15) is 0 Å². The van der Waals surface area contributed by atoms with Crippen molar-refractivity contribution in [3.63, 3.8) is 0 Å². The zero-order chi connectivity index (χ0) is 32.3. The molecule has 0 aliphatic heterocycles. The van der Waals surface area contributed by atoms with Crippen LogP contribution in [0.3, 0.4) is 0 Å². The molecule has 1 heterocycles. The van der Waals surface area contributed by atoms with E-state index in [2.05, 4.69) is 176 Å². The number of para-hydroxylation sites is 2. The predicted octanol–water partition coefficient (Wildman–Crippen LogP) is 13.7. The molecule has 0 saturated heterocycles. The Morgan fingerprint density at radius 2 is 0.878 bits per heavy atom. The Bertz CT molecular complexity index is 2870. The Kier molecular flexibility index (Phi) is 6.25. The van der Waals surface area contributed by atoms with Crippen LogP contribution >= 0.6 is 0 Å². The Hall–Kier alpha value is -6.44. The lowest BCUT2D eigenvalue weighted by Crippen LogP contribution is -1.92. The number of hydrogen-bond donors (Lipinski definition) is 0. The molecule has 0 bridgehead atoms. The van der Waals surface area contributed by atoms with Gasteiger partial charge in [-0.3, -0.25) is 0 Å². The van der Waals surface area contributed by atoms with Crippen molar-refractivity contribution < 1.29 is 4.42 Å². The first-order chi connectivity index (χ1) is 24.3. The van der Waals surface area contributed by atoms with Crippen LogP contribution in [0.15, 0.2) is 186 Å². The smallest absolute Gasteiger partial charge is 0.143 e. The summed E-state index contributed by atoms with van der Waals surface area (Å²) in [6.45, 7) is 0. The topological polar surface area (TPSA) is 13.1 Å². The van der Waals surface area contributed by atoms with Crippen LogP contribution in [-0.2, 0) is 0 Å². The second kappa shape index (κ2) is 11.1. The van der Waals surface area contributed by atoms with Gasteiger partial charge < -0.3 is 4.42 Å². The minimum atomic E-state index is 0.914. The molecule has 0 atom stereocenters. The molecule has 0 unspecified atom stereocenters. The van der Waals surface area contributed by atoms with Gasteiger partial charge in [-0.1, -0.05) is 158 Å². The van der Waals surface area contributed by atoms with E-state index in [0.29, 0.717) is 0 Å². The van der Waals surface area contributed by atoms with Crippen molar-refractivity contribution in [3.8, 4) is 44.5 Å². The summed E-state index contributed by atoms with van der Waals surface area (Å²) in [6.07, 6.45) is 0. The van der Waals surface area contributed by atoms with Crippen molar-refractivity contribution >= 4 is 54.3 Å². The highest BCUT2D eigenvalue weighted by molar-refractivity contribution is 6.22. The normalized spacial score (nSPS) is 11.7. The van der Waals surface area contributed by atoms with E-state index in [0.717, 1.165) is 33.1 Å². The van der Waals surface area contributed by atoms with Crippen molar-refractivity contribution in [2.45, 2.75) is 0 Å². The molecule has 1 nitrogen and oxygen atoms in total. The maximum atomic E-state index is 6.47. The molecule has 0 saturated carbocycles. The zero-order valence-corrected chi connectivity index (χ0v) is 26.7. The predicted molar refractivity (Wildman–Crippen MR) is 208 cm³/mol. The van der Waals surface area contributed by atoms with Gasteiger partial charge in [0.25, 0.3) is 0 Å². The summed E-state index contributed by atoms with van der Waals surface area (Å²) in [5.41, 5.74) is 11.4. The van der Waals surface area contributed by atoms with Crippen LogP contribution in [0.2, 0.25) is 0 Å². The van der Waals surface area contributed by atoms with E-state index in [1.54, 1.807) is 0 Å². The van der Waals surface area contributed by atoms with Crippen LogP contribution in [0.25, 0.3) is 98.8 Å². The molecule has 0 amide bonds. The molecule has 1 aromatic heterocycles. The molecule has 228 valence electrons. The molecule has 0 aliphatic carbocycles. The molecule has 0 radical (unpaired) electrons. The molecule has 49 heavy (non-hydrogen) atoms. The maximum absolute atomic E-state index is 6.47. The quantitative estimate of drug-likeness (QED) is 0.178. The van der Waals surface area contributed by atoms with Crippen molar-refractivity contribution in [1.29, 1.82) is 0 Å². The lowest BCUT2D eigenvalue weighted by atomic mass is 9.84. The van der Waals surface area contributed by atoms with Gasteiger partial charge in [-0.2, -0.15) is 0 Å². The Morgan fingerprint density at radius 3 is 1.73 bits per heavy atom. The molecule has 0 aliphatic rings. The number of benzene rings is 9. The molecule has 10 aromatic rings. The average molecular weight is 623 g/mol. The summed E-state index contributed by atoms with van der Waals surface area (Å²) in [4.78, 5) is 0. The zero-order valence-electron chi connectivity index (χ0n) is 26.7. The minimum Gasteiger partial charge on any atom is -0.455 e. The van der Waals surface area contributed by atoms with Gasteiger partial charge >= 0.3 is 0 Å². The molecular weight excluding hydrogens is 593 g/mol. The second-order valence-corrected chi connectivity index (χ2v) is 12.8. The molecule has 0 fully saturated rings. The van der Waals surface area contributed by atoms with E-state index in [-0.39, 0.29) is 0 Å². The van der Waals surface area contributed by atoms with Crippen LogP contribution in [0.4, 0.5) is 0 Å². The molecule has 0 N–H and O–H groups in total. The lowest BCUT2D eigenvalue weighted by molar-refractivity contribution is 0.670. The highest BCUT2D eigenvalue weighted by atomic mass is 16.3. The van der Waals surface area contributed by atoms with E-state index in [1.165, 1.54) is 65.7 Å². The summed E-state index contributed by atoms with van der Waals surface area (Å²) in [7, 11) is 0. The first kappa shape index (κ1) is 27.7. The Balaban J connectivity index is 1.26. The lowest BCUT2D eigenvalue weighted by Gasteiger charge is -2.19. The number of hydrogen-bond acceptors (Lipinski definition) is 1. The molecule has 0 spiro atoms. The summed E-state index contributed by atoms with van der Waals surface area (Å²) >= 11 is 0. The fourth-order valence-corrected chi connectivity index (χ4v) is 7.77. The van der Waals surface area contributed by atoms with Crippen LogP contribution in [0.5, 0.6) is 0 Å². The molecular formula is C48H30O. The van der Waals surface area contributed by atoms with Crippen LogP contribution < -0.4 is 0 Å². The first-order valence-electron chi connectivity index (χ1n) is 16.8. The van der Waals surface area contributed by atoms with E-state index in [1.807, 2.05) is 6.07 Å². The second-order valence-electron chi connectivity index (χ2n) is 12.8. The fraction of sp³-hybridized carbons (Fsp3) is 0. The fourth-order valence-electron chi connectivity index (χ4n) is 7.77. The highest BCUT2D eigenvalue weighted by Gasteiger charge is 2.19. The van der Waals surface area contributed by atoms with E-state index < -0.39 is 0 Å². The SMILES string of the molecule is c1ccc(-c2ccc3c(-c4cccc(-c5cccc6c5oc5ccccc56)c4)c4ccccc4c(-c4ccc5ccccc5c4)c3c2)cc1. The van der Waals surface area contributed by atoms with Crippen molar-refractivity contribution in [2.75, 3.05) is 0 Å². The van der Waals surface area contributed by atoms with Gasteiger partial charge in [0.1, 0.15) is 11.2 Å². The van der Waals surface area contributed by atoms with Crippen molar-refractivity contribution in [1.82, 2.24) is 0 Å². The van der Waals surface area contributed by atoms with Gasteiger partial charge in [-0.15, -0.1) is 0 Å². The Labute approximate surface area is 284 Å². The summed E-state index contributed by atoms with van der Waals surface area (Å²) in [5.74, 6) is 0. The summed E-state index contributed by atoms with van der Waals surface area (Å²) < 4.78 is 6.47. The van der Waals surface area contributed by atoms with E-state index in [9.17, 15) is 0 Å². The van der Waals surface area contributed by atoms with Crippen LogP contribution in [-0.4, -0.2) is 0 Å². The summed E-state index contributed by atoms with van der Waals surface area (Å²) in [5, 5.41) is 9.75. The van der Waals surface area contributed by atoms with Gasteiger partial charge in [0.05, 0.1) is 0 Å². The Morgan fingerprint density at radius 1 is 0.286 bits per heavy atom. The number of fused-ring (bicyclic) bond motifs is 6. The third-order valence-corrected chi connectivity index (χ3v) is 10.0. The number of rotatable bonds is 4. The average Bonchev–Trinajstić information content (AvgIpc) is 3.56. The van der Waals surface area contributed by atoms with Gasteiger partial charge in [0.2, 0.25) is 0 Å². The first-order valence-corrected chi connectivity index (χ1v) is 16.8. The van der Waals surface area contributed by atoms with Gasteiger partial charge in [0, 0.05) is 16.3 Å². The van der Waals surface area contributed by atoms with Crippen molar-refractivity contribution in [2.24, 2.45) is 0 Å². The third kappa shape index (κ3) is 4.47. The molecule has 10 rings (SSSR count). The standard InChI is InChI=1S/C48H30O/c1-2-12-31(13-3-1)34-26-27-42-44(30-34)47(37-25-24-32-14-4-5-15-33(32)28-37)41-20-7-6-19-40(41)46(42)36-17-10-16-35(29-36)38-21-11-22-43-39-18-8-9-23-45(39)49-48(38)43/h1-30H. The van der Waals surface area contributed by atoms with E-state index in [4.69, 9.17) is 4.42 Å². The van der Waals surface area contributed by atoms with Gasteiger partial charge in [-0.25, -0.2) is 0 Å². The minimum absolute atomic E-state index is 0.914. The summed E-state index contributed by atoms with van der Waals surface area (Å²) in [6, 6.07) is 65.9. The molecule has 1 heteroatoms. The highest BCUT2D eigenvalue weighted by Crippen LogP contribution is 2.46. The van der Waals surface area contributed by atoms with Gasteiger partial charge in [-0.05, 0) is 95.5 Å². The monoisotopic (exact) mass is 622 g/mol. The van der Waals surface area contributed by atoms with Crippen LogP contribution in [0, 0.1) is 0 Å². The van der Waals surface area contributed by atoms with E-state index >= 15 is 0 Å². The number of furan rings is 1. The maximum Gasteiger partial charge on any atom is 0.143 e. The van der Waals surface area contributed by atoms with Gasteiger partial charge in [0.15, 0.2) is 0 Å². The van der Waals surface area contributed by atoms with Crippen molar-refractivity contribution in [3.05, 3.63) is 182 Å². The molecule has 9 aromatic carbocycles. The third-order valence-electron chi connectivity index (χ3n) is 10.0. The largest absolute Gasteiger partial charge is 0.455 e.